The van der Waals surface area contributed by atoms with Crippen LogP contribution < -0.4 is 4.90 Å². The third kappa shape index (κ3) is 4.75. The third-order valence-electron chi connectivity index (χ3n) is 5.77. The molecule has 0 bridgehead atoms. The summed E-state index contributed by atoms with van der Waals surface area (Å²) in [4.78, 5) is 38.1. The van der Waals surface area contributed by atoms with Crippen LogP contribution in [-0.2, 0) is 9.47 Å². The molecule has 1 fully saturated rings. The number of benzene rings is 1. The summed E-state index contributed by atoms with van der Waals surface area (Å²) in [6, 6.07) is 9.09. The van der Waals surface area contributed by atoms with Crippen molar-refractivity contribution in [3.05, 3.63) is 47.9 Å². The van der Waals surface area contributed by atoms with E-state index >= 15 is 0 Å². The maximum absolute atomic E-state index is 12.8. The number of carbonyl (C=O) groups excluding carboxylic acids is 2. The van der Waals surface area contributed by atoms with E-state index in [1.54, 1.807) is 33.9 Å². The first-order valence-electron chi connectivity index (χ1n) is 11.3. The first-order chi connectivity index (χ1) is 16.6. The Morgan fingerprint density at radius 3 is 2.63 bits per heavy atom. The molecule has 2 aromatic heterocycles. The van der Waals surface area contributed by atoms with E-state index in [4.69, 9.17) is 9.47 Å². The number of piperazine rings is 1. The Morgan fingerprint density at radius 2 is 1.97 bits per heavy atom. The molecule has 35 heavy (non-hydrogen) atoms. The number of methoxy groups -OCH3 is 1. The van der Waals surface area contributed by atoms with Crippen LogP contribution in [0.5, 0.6) is 0 Å². The number of nitriles is 1. The van der Waals surface area contributed by atoms with Crippen LogP contribution in [0.25, 0.3) is 16.7 Å². The average molecular weight is 477 g/mol. The van der Waals surface area contributed by atoms with E-state index in [-0.39, 0.29) is 12.1 Å². The summed E-state index contributed by atoms with van der Waals surface area (Å²) in [5.41, 5.74) is 1.45. The summed E-state index contributed by atoms with van der Waals surface area (Å²) >= 11 is 0. The van der Waals surface area contributed by atoms with Crippen LogP contribution in [0.1, 0.15) is 43.6 Å². The molecular formula is C25H28N6O4. The Balaban J connectivity index is 1.75. The average Bonchev–Trinajstić information content (AvgIpc) is 3.22. The van der Waals surface area contributed by atoms with Crippen LogP contribution in [-0.4, -0.2) is 69.9 Å². The van der Waals surface area contributed by atoms with Crippen molar-refractivity contribution >= 4 is 28.9 Å². The normalized spacial score (nSPS) is 16.2. The lowest BCUT2D eigenvalue weighted by atomic mass is 10.1. The molecular weight excluding hydrogens is 448 g/mol. The van der Waals surface area contributed by atoms with Crippen LogP contribution in [0.2, 0.25) is 0 Å². The van der Waals surface area contributed by atoms with Crippen LogP contribution >= 0.6 is 0 Å². The largest absolute Gasteiger partial charge is 0.465 e. The second kappa shape index (κ2) is 9.25. The number of fused-ring (bicyclic) bond motifs is 1. The highest BCUT2D eigenvalue weighted by Crippen LogP contribution is 2.33. The second-order valence-electron chi connectivity index (χ2n) is 9.43. The Bertz CT molecular complexity index is 1320. The van der Waals surface area contributed by atoms with E-state index in [9.17, 15) is 14.9 Å². The number of anilines is 1. The van der Waals surface area contributed by atoms with Gasteiger partial charge < -0.3 is 23.8 Å². The lowest BCUT2D eigenvalue weighted by molar-refractivity contribution is 0.0218. The van der Waals surface area contributed by atoms with Crippen molar-refractivity contribution in [2.75, 3.05) is 31.6 Å². The Kier molecular flexibility index (Phi) is 6.35. The van der Waals surface area contributed by atoms with Gasteiger partial charge in [0.15, 0.2) is 5.65 Å². The summed E-state index contributed by atoms with van der Waals surface area (Å²) in [6.07, 6.45) is 2.76. The highest BCUT2D eigenvalue weighted by atomic mass is 16.6. The molecule has 10 heteroatoms. The van der Waals surface area contributed by atoms with Gasteiger partial charge >= 0.3 is 12.1 Å². The number of hydrogen-bond acceptors (Lipinski definition) is 8. The van der Waals surface area contributed by atoms with Crippen molar-refractivity contribution in [2.45, 2.75) is 39.3 Å². The van der Waals surface area contributed by atoms with Crippen LogP contribution in [0.15, 0.2) is 36.8 Å². The number of hydrogen-bond donors (Lipinski definition) is 0. The van der Waals surface area contributed by atoms with Gasteiger partial charge in [0.05, 0.1) is 29.7 Å². The lowest BCUT2D eigenvalue weighted by Gasteiger charge is -2.41. The molecule has 0 unspecified atom stereocenters. The maximum Gasteiger partial charge on any atom is 0.410 e. The van der Waals surface area contributed by atoms with Crippen LogP contribution in [0, 0.1) is 11.3 Å². The SMILES string of the molecule is COC(=O)c1cn(-c2cccc(C#N)c2)c2ncnc(N3CCN(C(=O)OC(C)(C)C)C[C@@H]3C)c12. The number of ether oxygens (including phenoxy) is 2. The molecule has 1 atom stereocenters. The number of aromatic nitrogens is 3. The minimum Gasteiger partial charge on any atom is -0.465 e. The van der Waals surface area contributed by atoms with E-state index in [0.29, 0.717) is 53.3 Å². The van der Waals surface area contributed by atoms with Crippen molar-refractivity contribution < 1.29 is 19.1 Å². The number of esters is 1. The third-order valence-corrected chi connectivity index (χ3v) is 5.77. The maximum atomic E-state index is 12.8. The summed E-state index contributed by atoms with van der Waals surface area (Å²) in [6.45, 7) is 8.91. The number of carbonyl (C=O) groups is 2. The number of rotatable bonds is 3. The summed E-state index contributed by atoms with van der Waals surface area (Å²) < 4.78 is 12.3. The van der Waals surface area contributed by atoms with Gasteiger partial charge in [0.25, 0.3) is 0 Å². The van der Waals surface area contributed by atoms with E-state index < -0.39 is 11.6 Å². The quantitative estimate of drug-likeness (QED) is 0.528. The molecule has 0 aliphatic carbocycles. The number of nitrogens with zero attached hydrogens (tertiary/aromatic N) is 6. The van der Waals surface area contributed by atoms with E-state index in [1.807, 2.05) is 33.8 Å². The molecule has 182 valence electrons. The van der Waals surface area contributed by atoms with Crippen molar-refractivity contribution in [3.8, 4) is 11.8 Å². The molecule has 1 aliphatic heterocycles. The summed E-state index contributed by atoms with van der Waals surface area (Å²) in [5, 5.41) is 9.87. The van der Waals surface area contributed by atoms with Gasteiger partial charge in [0.2, 0.25) is 0 Å². The lowest BCUT2D eigenvalue weighted by Crippen LogP contribution is -2.54. The monoisotopic (exact) mass is 476 g/mol. The summed E-state index contributed by atoms with van der Waals surface area (Å²) in [7, 11) is 1.33. The van der Waals surface area contributed by atoms with Crippen molar-refractivity contribution in [1.29, 1.82) is 5.26 Å². The van der Waals surface area contributed by atoms with Gasteiger partial charge in [-0.15, -0.1) is 0 Å². The molecule has 0 spiro atoms. The minimum atomic E-state index is -0.572. The highest BCUT2D eigenvalue weighted by molar-refractivity contribution is 6.08. The van der Waals surface area contributed by atoms with Crippen LogP contribution in [0.4, 0.5) is 10.6 Å². The zero-order valence-electron chi connectivity index (χ0n) is 20.5. The van der Waals surface area contributed by atoms with E-state index in [0.717, 1.165) is 0 Å². The molecule has 1 amide bonds. The number of amides is 1. The van der Waals surface area contributed by atoms with E-state index in [2.05, 4.69) is 20.9 Å². The van der Waals surface area contributed by atoms with Gasteiger partial charge in [-0.25, -0.2) is 19.6 Å². The smallest absolute Gasteiger partial charge is 0.410 e. The molecule has 3 heterocycles. The first kappa shape index (κ1) is 24.0. The second-order valence-corrected chi connectivity index (χ2v) is 9.43. The Hall–Kier alpha value is -4.13. The van der Waals surface area contributed by atoms with E-state index in [1.165, 1.54) is 13.4 Å². The Labute approximate surface area is 203 Å². The first-order valence-corrected chi connectivity index (χ1v) is 11.3. The van der Waals surface area contributed by atoms with Gasteiger partial charge in [-0.05, 0) is 45.9 Å². The predicted octanol–water partition coefficient (Wildman–Crippen LogP) is 3.52. The fourth-order valence-corrected chi connectivity index (χ4v) is 4.21. The van der Waals surface area contributed by atoms with Gasteiger partial charge in [0.1, 0.15) is 17.7 Å². The molecule has 1 aliphatic rings. The zero-order chi connectivity index (χ0) is 25.3. The Morgan fingerprint density at radius 1 is 1.20 bits per heavy atom. The van der Waals surface area contributed by atoms with Crippen molar-refractivity contribution in [3.63, 3.8) is 0 Å². The molecule has 0 saturated carbocycles. The van der Waals surface area contributed by atoms with Crippen molar-refractivity contribution in [1.82, 2.24) is 19.4 Å². The molecule has 3 aromatic rings. The van der Waals surface area contributed by atoms with Gasteiger partial charge in [-0.2, -0.15) is 5.26 Å². The zero-order valence-corrected chi connectivity index (χ0v) is 20.5. The molecule has 0 N–H and O–H groups in total. The van der Waals surface area contributed by atoms with Gasteiger partial charge in [0, 0.05) is 37.6 Å². The van der Waals surface area contributed by atoms with Crippen LogP contribution in [0.3, 0.4) is 0 Å². The van der Waals surface area contributed by atoms with Gasteiger partial charge in [-0.3, -0.25) is 0 Å². The molecule has 4 rings (SSSR count). The van der Waals surface area contributed by atoms with Gasteiger partial charge in [-0.1, -0.05) is 6.07 Å². The molecule has 1 aromatic carbocycles. The standard InChI is InChI=1S/C25H28N6O4/c1-16-13-29(24(33)35-25(2,3)4)9-10-30(16)21-20-19(23(32)34-5)14-31(22(20)28-15-27-21)18-8-6-7-17(11-18)12-26/h6-8,11,14-16H,9-10,13H2,1-5H3/t16-/m0/s1. The molecule has 10 nitrogen and oxygen atoms in total. The van der Waals surface area contributed by atoms with Crippen molar-refractivity contribution in [2.24, 2.45) is 0 Å². The molecule has 1 saturated heterocycles. The highest BCUT2D eigenvalue weighted by Gasteiger charge is 2.33. The molecule has 0 radical (unpaired) electrons. The minimum absolute atomic E-state index is 0.0925. The fraction of sp³-hybridized carbons (Fsp3) is 0.400. The topological polar surface area (TPSA) is 114 Å². The fourth-order valence-electron chi connectivity index (χ4n) is 4.21. The predicted molar refractivity (Wildman–Crippen MR) is 130 cm³/mol. The summed E-state index contributed by atoms with van der Waals surface area (Å²) in [5.74, 6) is 0.0724.